The number of hydrogen-bond acceptors (Lipinski definition) is 4. The monoisotopic (exact) mass is 217 g/mol. The minimum absolute atomic E-state index is 0.241. The van der Waals surface area contributed by atoms with Crippen LogP contribution in [0.3, 0.4) is 0 Å². The summed E-state index contributed by atoms with van der Waals surface area (Å²) in [6, 6.07) is 2.50. The predicted octanol–water partition coefficient (Wildman–Crippen LogP) is 1.74. The van der Waals surface area contributed by atoms with Crippen molar-refractivity contribution in [3.05, 3.63) is 17.3 Å². The molecule has 2 N–H and O–H groups in total. The highest BCUT2D eigenvalue weighted by Crippen LogP contribution is 2.28. The van der Waals surface area contributed by atoms with E-state index in [2.05, 4.69) is 9.72 Å². The number of halogens is 3. The third kappa shape index (κ3) is 2.74. The molecule has 0 radical (unpaired) electrons. The molecule has 0 spiro atoms. The summed E-state index contributed by atoms with van der Waals surface area (Å²) in [7, 11) is 0. The van der Waals surface area contributed by atoms with Gasteiger partial charge in [0.15, 0.2) is 5.75 Å². The Morgan fingerprint density at radius 3 is 2.60 bits per heavy atom. The summed E-state index contributed by atoms with van der Waals surface area (Å²) in [5, 5.41) is 8.57. The van der Waals surface area contributed by atoms with E-state index in [0.717, 1.165) is 6.07 Å². The van der Waals surface area contributed by atoms with Gasteiger partial charge in [0, 0.05) is 11.8 Å². The quantitative estimate of drug-likeness (QED) is 0.777. The van der Waals surface area contributed by atoms with Crippen molar-refractivity contribution in [3.63, 3.8) is 0 Å². The van der Waals surface area contributed by atoms with Crippen molar-refractivity contribution in [2.45, 2.75) is 13.3 Å². The Balaban J connectivity index is 3.23. The summed E-state index contributed by atoms with van der Waals surface area (Å²) in [4.78, 5) is 3.64. The van der Waals surface area contributed by atoms with Crippen LogP contribution < -0.4 is 10.5 Å². The molecule has 0 saturated heterocycles. The molecule has 0 amide bonds. The van der Waals surface area contributed by atoms with Crippen LogP contribution in [0.4, 0.5) is 19.0 Å². The minimum Gasteiger partial charge on any atom is -0.404 e. The van der Waals surface area contributed by atoms with Crippen molar-refractivity contribution in [1.82, 2.24) is 4.98 Å². The van der Waals surface area contributed by atoms with Crippen LogP contribution in [-0.2, 0) is 0 Å². The zero-order valence-electron chi connectivity index (χ0n) is 7.59. The summed E-state index contributed by atoms with van der Waals surface area (Å²) < 4.78 is 39.4. The molecule has 0 aliphatic rings. The van der Waals surface area contributed by atoms with Crippen LogP contribution in [0, 0.1) is 18.3 Å². The third-order valence-electron chi connectivity index (χ3n) is 1.48. The van der Waals surface area contributed by atoms with Crippen LogP contribution in [0.25, 0.3) is 0 Å². The molecule has 1 aromatic heterocycles. The van der Waals surface area contributed by atoms with Crippen molar-refractivity contribution in [2.24, 2.45) is 0 Å². The molecule has 0 bridgehead atoms. The maximum Gasteiger partial charge on any atom is 0.573 e. The number of pyridine rings is 1. The van der Waals surface area contributed by atoms with Crippen LogP contribution in [0.15, 0.2) is 6.07 Å². The first-order valence-corrected chi connectivity index (χ1v) is 3.76. The maximum atomic E-state index is 11.9. The Kier molecular flexibility index (Phi) is 2.70. The van der Waals surface area contributed by atoms with E-state index in [9.17, 15) is 13.2 Å². The summed E-state index contributed by atoms with van der Waals surface area (Å²) in [5.41, 5.74) is 5.09. The molecule has 4 nitrogen and oxygen atoms in total. The van der Waals surface area contributed by atoms with Crippen molar-refractivity contribution in [1.29, 1.82) is 5.26 Å². The molecular formula is C8H6F3N3O. The maximum absolute atomic E-state index is 11.9. The first-order chi connectivity index (χ1) is 6.83. The van der Waals surface area contributed by atoms with Crippen molar-refractivity contribution in [2.75, 3.05) is 5.73 Å². The Morgan fingerprint density at radius 2 is 2.13 bits per heavy atom. The van der Waals surface area contributed by atoms with Gasteiger partial charge in [-0.05, 0) is 6.92 Å². The Hall–Kier alpha value is -1.97. The highest BCUT2D eigenvalue weighted by atomic mass is 19.4. The molecule has 7 heteroatoms. The molecule has 0 fully saturated rings. The fourth-order valence-electron chi connectivity index (χ4n) is 0.984. The van der Waals surface area contributed by atoms with Crippen LogP contribution in [-0.4, -0.2) is 11.3 Å². The normalized spacial score (nSPS) is 10.9. The summed E-state index contributed by atoms with van der Waals surface area (Å²) >= 11 is 0. The van der Waals surface area contributed by atoms with Gasteiger partial charge in [0.05, 0.1) is 0 Å². The average molecular weight is 217 g/mol. The molecule has 0 atom stereocenters. The molecule has 80 valence electrons. The number of hydrogen-bond donors (Lipinski definition) is 1. The molecule has 0 saturated carbocycles. The number of aryl methyl sites for hydroxylation is 1. The van der Waals surface area contributed by atoms with E-state index in [4.69, 9.17) is 11.0 Å². The molecule has 0 aliphatic carbocycles. The largest absolute Gasteiger partial charge is 0.573 e. The predicted molar refractivity (Wildman–Crippen MR) is 44.8 cm³/mol. The van der Waals surface area contributed by atoms with Crippen LogP contribution >= 0.6 is 0 Å². The number of aromatic nitrogens is 1. The van der Waals surface area contributed by atoms with Gasteiger partial charge in [-0.3, -0.25) is 0 Å². The number of nitrogens with zero attached hydrogens (tertiary/aromatic N) is 2. The number of nitrogens with two attached hydrogens (primary N) is 1. The van der Waals surface area contributed by atoms with E-state index in [-0.39, 0.29) is 11.5 Å². The van der Waals surface area contributed by atoms with Gasteiger partial charge in [0.1, 0.15) is 17.5 Å². The van der Waals surface area contributed by atoms with Gasteiger partial charge in [0.2, 0.25) is 0 Å². The lowest BCUT2D eigenvalue weighted by molar-refractivity contribution is -0.274. The number of alkyl halides is 3. The van der Waals surface area contributed by atoms with E-state index < -0.39 is 17.7 Å². The zero-order chi connectivity index (χ0) is 11.6. The Bertz CT molecular complexity index is 422. The zero-order valence-corrected chi connectivity index (χ0v) is 7.59. The topological polar surface area (TPSA) is 71.9 Å². The molecular weight excluding hydrogens is 211 g/mol. The lowest BCUT2D eigenvalue weighted by Gasteiger charge is -2.11. The lowest BCUT2D eigenvalue weighted by Crippen LogP contribution is -2.18. The minimum atomic E-state index is -4.86. The Morgan fingerprint density at radius 1 is 1.53 bits per heavy atom. The molecule has 0 aliphatic heterocycles. The molecule has 0 unspecified atom stereocenters. The van der Waals surface area contributed by atoms with E-state index in [1.165, 1.54) is 13.0 Å². The van der Waals surface area contributed by atoms with Gasteiger partial charge >= 0.3 is 6.36 Å². The van der Waals surface area contributed by atoms with Gasteiger partial charge in [-0.1, -0.05) is 0 Å². The second kappa shape index (κ2) is 3.65. The van der Waals surface area contributed by atoms with Gasteiger partial charge in [-0.25, -0.2) is 4.98 Å². The van der Waals surface area contributed by atoms with Gasteiger partial charge in [-0.2, -0.15) is 5.26 Å². The smallest absolute Gasteiger partial charge is 0.404 e. The number of ether oxygens (including phenoxy) is 1. The van der Waals surface area contributed by atoms with Crippen LogP contribution in [0.2, 0.25) is 0 Å². The lowest BCUT2D eigenvalue weighted by atomic mass is 10.2. The van der Waals surface area contributed by atoms with Gasteiger partial charge in [0.25, 0.3) is 0 Å². The number of nitrogen functional groups attached to an aromatic ring is 1. The number of rotatable bonds is 1. The van der Waals surface area contributed by atoms with Gasteiger partial charge in [-0.15, -0.1) is 13.2 Å². The van der Waals surface area contributed by atoms with Crippen molar-refractivity contribution in [3.8, 4) is 11.8 Å². The van der Waals surface area contributed by atoms with E-state index in [1.807, 2.05) is 0 Å². The number of anilines is 1. The highest BCUT2D eigenvalue weighted by molar-refractivity contribution is 5.57. The fraction of sp³-hybridized carbons (Fsp3) is 0.250. The standard InChI is InChI=1S/C8H6F3N3O/c1-4-2-6(15-8(9,10)11)5(3-12)7(13)14-4/h2H,1H3,(H2,13,14). The number of nitriles is 1. The van der Waals surface area contributed by atoms with Crippen LogP contribution in [0.5, 0.6) is 5.75 Å². The summed E-state index contributed by atoms with van der Waals surface area (Å²) in [5.74, 6) is -0.910. The molecule has 15 heavy (non-hydrogen) atoms. The molecule has 1 heterocycles. The summed E-state index contributed by atoms with van der Waals surface area (Å²) in [6.45, 7) is 1.45. The molecule has 0 aromatic carbocycles. The fourth-order valence-corrected chi connectivity index (χ4v) is 0.984. The average Bonchev–Trinajstić information content (AvgIpc) is 1.99. The molecule has 1 rings (SSSR count). The van der Waals surface area contributed by atoms with E-state index in [0.29, 0.717) is 0 Å². The second-order valence-corrected chi connectivity index (χ2v) is 2.68. The van der Waals surface area contributed by atoms with Crippen LogP contribution in [0.1, 0.15) is 11.3 Å². The third-order valence-corrected chi connectivity index (χ3v) is 1.48. The van der Waals surface area contributed by atoms with Crippen molar-refractivity contribution >= 4 is 5.82 Å². The van der Waals surface area contributed by atoms with Gasteiger partial charge < -0.3 is 10.5 Å². The Labute approximate surface area is 83.1 Å². The first-order valence-electron chi connectivity index (χ1n) is 3.76. The highest BCUT2D eigenvalue weighted by Gasteiger charge is 2.32. The van der Waals surface area contributed by atoms with Crippen molar-refractivity contribution < 1.29 is 17.9 Å². The SMILES string of the molecule is Cc1cc(OC(F)(F)F)c(C#N)c(N)n1. The summed E-state index contributed by atoms with van der Waals surface area (Å²) in [6.07, 6.45) is -4.86. The second-order valence-electron chi connectivity index (χ2n) is 2.68. The molecule has 1 aromatic rings. The van der Waals surface area contributed by atoms with E-state index >= 15 is 0 Å². The van der Waals surface area contributed by atoms with E-state index in [1.54, 1.807) is 0 Å². The first kappa shape index (κ1) is 11.1.